The van der Waals surface area contributed by atoms with E-state index >= 15 is 0 Å². The monoisotopic (exact) mass is 259 g/mol. The average molecular weight is 259 g/mol. The van der Waals surface area contributed by atoms with Crippen molar-refractivity contribution in [2.75, 3.05) is 6.61 Å². The number of aliphatic hydroxyl groups is 3. The summed E-state index contributed by atoms with van der Waals surface area (Å²) in [6.45, 7) is -0.674. The number of hydrogen-bond acceptors (Lipinski definition) is 7. The molecule has 0 saturated carbocycles. The van der Waals surface area contributed by atoms with Crippen molar-refractivity contribution in [1.29, 1.82) is 0 Å². The molecule has 10 heteroatoms. The molecule has 9 nitrogen and oxygen atoms in total. The van der Waals surface area contributed by atoms with Crippen molar-refractivity contribution in [2.24, 2.45) is 5.73 Å². The van der Waals surface area contributed by atoms with Crippen LogP contribution >= 0.6 is 7.82 Å². The zero-order valence-corrected chi connectivity index (χ0v) is 8.97. The summed E-state index contributed by atoms with van der Waals surface area (Å²) in [5.74, 6) is 0. The molecule has 1 aliphatic rings. The second-order valence-corrected chi connectivity index (χ2v) is 4.65. The third-order valence-electron chi connectivity index (χ3n) is 2.18. The Morgan fingerprint density at radius 1 is 1.25 bits per heavy atom. The third kappa shape index (κ3) is 3.45. The molecular weight excluding hydrogens is 245 g/mol. The van der Waals surface area contributed by atoms with Crippen LogP contribution in [-0.4, -0.2) is 62.4 Å². The molecule has 0 radical (unpaired) electrons. The summed E-state index contributed by atoms with van der Waals surface area (Å²) in [7, 11) is -4.70. The molecule has 0 aromatic heterocycles. The Hall–Kier alpha value is -0.0900. The maximum absolute atomic E-state index is 10.4. The van der Waals surface area contributed by atoms with Crippen LogP contribution in [0.5, 0.6) is 0 Å². The normalized spacial score (nSPS) is 41.0. The van der Waals surface area contributed by atoms with Crippen LogP contribution in [0.4, 0.5) is 0 Å². The standard InChI is InChI=1S/C6H14NO8P/c7-3-5(9)4(8)2(15-6(3)10)1-14-16(11,12)13/h2-6,8-10H,1,7H2,(H2,11,12,13)/t2-,3-,4-,5-,6-/m0/s1. The molecule has 96 valence electrons. The molecule has 1 fully saturated rings. The summed E-state index contributed by atoms with van der Waals surface area (Å²) >= 11 is 0. The van der Waals surface area contributed by atoms with Gasteiger partial charge in [-0.3, -0.25) is 4.52 Å². The summed E-state index contributed by atoms with van der Waals surface area (Å²) in [4.78, 5) is 16.8. The Morgan fingerprint density at radius 3 is 2.31 bits per heavy atom. The van der Waals surface area contributed by atoms with E-state index in [0.717, 1.165) is 0 Å². The lowest BCUT2D eigenvalue weighted by atomic mass is 9.98. The number of aliphatic hydroxyl groups excluding tert-OH is 3. The lowest BCUT2D eigenvalue weighted by Gasteiger charge is -2.38. The Kier molecular flexibility index (Phi) is 4.41. The van der Waals surface area contributed by atoms with E-state index in [1.54, 1.807) is 0 Å². The highest BCUT2D eigenvalue weighted by Crippen LogP contribution is 2.36. The van der Waals surface area contributed by atoms with E-state index in [1.807, 2.05) is 0 Å². The number of rotatable bonds is 3. The van der Waals surface area contributed by atoms with Crippen LogP contribution in [0.3, 0.4) is 0 Å². The molecular formula is C6H14NO8P. The van der Waals surface area contributed by atoms with Gasteiger partial charge in [0, 0.05) is 0 Å². The number of ether oxygens (including phenoxy) is 1. The highest BCUT2D eigenvalue weighted by molar-refractivity contribution is 7.46. The van der Waals surface area contributed by atoms with Gasteiger partial charge in [-0.1, -0.05) is 0 Å². The summed E-state index contributed by atoms with van der Waals surface area (Å²) in [6.07, 6.45) is -5.76. The molecule has 0 aromatic carbocycles. The third-order valence-corrected chi connectivity index (χ3v) is 2.66. The lowest BCUT2D eigenvalue weighted by molar-refractivity contribution is -0.247. The highest BCUT2D eigenvalue weighted by Gasteiger charge is 2.42. The summed E-state index contributed by atoms with van der Waals surface area (Å²) in [6, 6.07) is -1.19. The van der Waals surface area contributed by atoms with Gasteiger partial charge < -0.3 is 35.6 Å². The summed E-state index contributed by atoms with van der Waals surface area (Å²) in [5.41, 5.74) is 5.28. The molecule has 5 atom stereocenters. The van der Waals surface area contributed by atoms with Gasteiger partial charge >= 0.3 is 7.82 Å². The topological polar surface area (TPSA) is 163 Å². The van der Waals surface area contributed by atoms with Crippen LogP contribution in [0.25, 0.3) is 0 Å². The van der Waals surface area contributed by atoms with Gasteiger partial charge in [0.05, 0.1) is 12.6 Å². The first-order chi connectivity index (χ1) is 7.22. The van der Waals surface area contributed by atoms with Crippen molar-refractivity contribution in [3.8, 4) is 0 Å². The quantitative estimate of drug-likeness (QED) is 0.287. The Balaban J connectivity index is 2.57. The molecule has 0 amide bonds. The van der Waals surface area contributed by atoms with Gasteiger partial charge in [-0.25, -0.2) is 4.57 Å². The van der Waals surface area contributed by atoms with Gasteiger partial charge in [-0.15, -0.1) is 0 Å². The van der Waals surface area contributed by atoms with Crippen LogP contribution < -0.4 is 5.73 Å². The van der Waals surface area contributed by atoms with Crippen LogP contribution in [0.2, 0.25) is 0 Å². The molecule has 0 spiro atoms. The van der Waals surface area contributed by atoms with Crippen LogP contribution in [0, 0.1) is 0 Å². The lowest BCUT2D eigenvalue weighted by Crippen LogP contribution is -2.61. The molecule has 7 N–H and O–H groups in total. The van der Waals surface area contributed by atoms with Crippen molar-refractivity contribution < 1.29 is 38.9 Å². The van der Waals surface area contributed by atoms with Gasteiger partial charge in [0.2, 0.25) is 0 Å². The van der Waals surface area contributed by atoms with Gasteiger partial charge in [-0.2, -0.15) is 0 Å². The van der Waals surface area contributed by atoms with Crippen molar-refractivity contribution in [3.63, 3.8) is 0 Å². The van der Waals surface area contributed by atoms with Gasteiger partial charge in [0.25, 0.3) is 0 Å². The Bertz CT molecular complexity index is 282. The minimum absolute atomic E-state index is 0.674. The van der Waals surface area contributed by atoms with Crippen molar-refractivity contribution in [1.82, 2.24) is 0 Å². The predicted octanol–water partition coefficient (Wildman–Crippen LogP) is -3.14. The fourth-order valence-electron chi connectivity index (χ4n) is 1.28. The zero-order chi connectivity index (χ0) is 12.5. The van der Waals surface area contributed by atoms with E-state index in [4.69, 9.17) is 20.3 Å². The molecule has 16 heavy (non-hydrogen) atoms. The molecule has 0 aromatic rings. The average Bonchev–Trinajstić information content (AvgIpc) is 2.17. The largest absolute Gasteiger partial charge is 0.469 e. The van der Waals surface area contributed by atoms with E-state index < -0.39 is 45.1 Å². The van der Waals surface area contributed by atoms with Crippen molar-refractivity contribution >= 4 is 7.82 Å². The number of hydrogen-bond donors (Lipinski definition) is 6. The minimum Gasteiger partial charge on any atom is -0.388 e. The van der Waals surface area contributed by atoms with E-state index in [2.05, 4.69) is 4.52 Å². The van der Waals surface area contributed by atoms with E-state index in [9.17, 15) is 19.9 Å². The SMILES string of the molecule is N[C@H]1[C@H](O)[C@@H](O)[C@H](COP(=O)(O)O)O[C@@H]1O. The first-order valence-corrected chi connectivity index (χ1v) is 5.91. The van der Waals surface area contributed by atoms with Crippen LogP contribution in [-0.2, 0) is 13.8 Å². The number of phosphoric ester groups is 1. The first kappa shape index (κ1) is 14.0. The summed E-state index contributed by atoms with van der Waals surface area (Å²) in [5, 5.41) is 28.0. The van der Waals surface area contributed by atoms with Crippen LogP contribution in [0.15, 0.2) is 0 Å². The summed E-state index contributed by atoms with van der Waals surface area (Å²) < 4.78 is 19.2. The molecule has 1 saturated heterocycles. The van der Waals surface area contributed by atoms with Gasteiger partial charge in [0.15, 0.2) is 6.29 Å². The highest BCUT2D eigenvalue weighted by atomic mass is 31.2. The smallest absolute Gasteiger partial charge is 0.388 e. The minimum atomic E-state index is -4.70. The maximum atomic E-state index is 10.4. The molecule has 1 heterocycles. The zero-order valence-electron chi connectivity index (χ0n) is 8.08. The molecule has 1 aliphatic heterocycles. The van der Waals surface area contributed by atoms with Gasteiger partial charge in [-0.05, 0) is 0 Å². The fourth-order valence-corrected chi connectivity index (χ4v) is 1.62. The van der Waals surface area contributed by atoms with Crippen molar-refractivity contribution in [3.05, 3.63) is 0 Å². The molecule has 0 aliphatic carbocycles. The second kappa shape index (κ2) is 5.05. The fraction of sp³-hybridized carbons (Fsp3) is 1.00. The molecule has 1 rings (SSSR count). The van der Waals surface area contributed by atoms with Gasteiger partial charge in [0.1, 0.15) is 18.3 Å². The predicted molar refractivity (Wildman–Crippen MR) is 48.9 cm³/mol. The van der Waals surface area contributed by atoms with Crippen molar-refractivity contribution in [2.45, 2.75) is 30.6 Å². The van der Waals surface area contributed by atoms with E-state index in [-0.39, 0.29) is 0 Å². The van der Waals surface area contributed by atoms with E-state index in [0.29, 0.717) is 0 Å². The van der Waals surface area contributed by atoms with E-state index in [1.165, 1.54) is 0 Å². The second-order valence-electron chi connectivity index (χ2n) is 3.41. The first-order valence-electron chi connectivity index (χ1n) is 4.37. The molecule has 0 unspecified atom stereocenters. The Morgan fingerprint density at radius 2 is 1.81 bits per heavy atom. The Labute approximate surface area is 90.6 Å². The number of phosphoric acid groups is 1. The molecule has 0 bridgehead atoms. The number of nitrogens with two attached hydrogens (primary N) is 1. The maximum Gasteiger partial charge on any atom is 0.469 e. The van der Waals surface area contributed by atoms with Crippen LogP contribution in [0.1, 0.15) is 0 Å².